The molecule has 36 heavy (non-hydrogen) atoms. The number of carbonyl (C=O) groups excluding carboxylic acids is 4. The quantitative estimate of drug-likeness (QED) is 0.160. The van der Waals surface area contributed by atoms with Crippen molar-refractivity contribution in [3.8, 4) is 0 Å². The highest BCUT2D eigenvalue weighted by Gasteiger charge is 2.52. The molecule has 0 radical (unpaired) electrons. The van der Waals surface area contributed by atoms with Crippen LogP contribution in [0.4, 0.5) is 11.4 Å². The van der Waals surface area contributed by atoms with Crippen LogP contribution in [0.1, 0.15) is 27.7 Å². The molecule has 14 nitrogen and oxygen atoms in total. The van der Waals surface area contributed by atoms with E-state index in [9.17, 15) is 29.3 Å². The molecular formula is C21H25N3O11S. The topological polar surface area (TPSA) is 182 Å². The van der Waals surface area contributed by atoms with Crippen LogP contribution >= 0.6 is 12.2 Å². The Morgan fingerprint density at radius 3 is 2.11 bits per heavy atom. The van der Waals surface area contributed by atoms with Gasteiger partial charge < -0.3 is 34.3 Å². The summed E-state index contributed by atoms with van der Waals surface area (Å²) in [5, 5.41) is 16.4. The summed E-state index contributed by atoms with van der Waals surface area (Å²) in [4.78, 5) is 57.3. The van der Waals surface area contributed by atoms with Crippen molar-refractivity contribution < 1.29 is 47.8 Å². The minimum absolute atomic E-state index is 0.101. The number of hydrogen-bond donors (Lipinski definition) is 2. The molecular weight excluding hydrogens is 502 g/mol. The average Bonchev–Trinajstić information content (AvgIpc) is 2.75. The number of nitro groups is 1. The molecule has 1 aromatic rings. The lowest BCUT2D eigenvalue weighted by Crippen LogP contribution is -2.66. The number of thiocarbonyl (C=S) groups is 1. The Bertz CT molecular complexity index is 1030. The summed E-state index contributed by atoms with van der Waals surface area (Å²) in [5.74, 6) is -2.97. The first-order valence-electron chi connectivity index (χ1n) is 10.5. The zero-order valence-corrected chi connectivity index (χ0v) is 20.6. The monoisotopic (exact) mass is 527 g/mol. The molecule has 0 spiro atoms. The highest BCUT2D eigenvalue weighted by atomic mass is 32.1. The Labute approximate surface area is 210 Å². The molecule has 0 saturated carbocycles. The van der Waals surface area contributed by atoms with Crippen molar-refractivity contribution in [1.29, 1.82) is 0 Å². The van der Waals surface area contributed by atoms with E-state index in [2.05, 4.69) is 10.6 Å². The van der Waals surface area contributed by atoms with Crippen molar-refractivity contribution in [1.82, 2.24) is 5.32 Å². The number of anilines is 1. The Kier molecular flexibility index (Phi) is 10.0. The molecule has 0 aromatic heterocycles. The molecule has 0 bridgehead atoms. The van der Waals surface area contributed by atoms with E-state index in [4.69, 9.17) is 35.9 Å². The Morgan fingerprint density at radius 1 is 0.972 bits per heavy atom. The third kappa shape index (κ3) is 8.42. The van der Waals surface area contributed by atoms with Gasteiger partial charge in [0.2, 0.25) is 0 Å². The number of nitrogens with zero attached hydrogens (tertiary/aromatic N) is 1. The molecule has 1 aromatic carbocycles. The van der Waals surface area contributed by atoms with Gasteiger partial charge in [0.05, 0.1) is 4.92 Å². The number of non-ortho nitro benzene ring substituents is 1. The zero-order chi connectivity index (χ0) is 27.0. The number of hydrogen-bond acceptors (Lipinski definition) is 12. The second kappa shape index (κ2) is 12.7. The summed E-state index contributed by atoms with van der Waals surface area (Å²) in [7, 11) is 0. The second-order valence-electron chi connectivity index (χ2n) is 7.53. The van der Waals surface area contributed by atoms with E-state index in [0.29, 0.717) is 0 Å². The predicted octanol–water partition coefficient (Wildman–Crippen LogP) is 0.964. The third-order valence-electron chi connectivity index (χ3n) is 4.58. The molecule has 1 aliphatic rings. The molecule has 0 amide bonds. The number of benzene rings is 1. The molecule has 2 rings (SSSR count). The summed E-state index contributed by atoms with van der Waals surface area (Å²) < 4.78 is 26.8. The van der Waals surface area contributed by atoms with E-state index in [0.717, 1.165) is 27.7 Å². The summed E-state index contributed by atoms with van der Waals surface area (Å²) in [5.41, 5.74) is 0.0856. The number of nitrogens with one attached hydrogen (secondary N) is 2. The molecule has 196 valence electrons. The van der Waals surface area contributed by atoms with E-state index in [1.165, 1.54) is 24.3 Å². The van der Waals surface area contributed by atoms with E-state index in [-0.39, 0.29) is 16.5 Å². The molecule has 1 saturated heterocycles. The molecule has 1 heterocycles. The van der Waals surface area contributed by atoms with Crippen LogP contribution in [0.2, 0.25) is 0 Å². The van der Waals surface area contributed by atoms with E-state index < -0.39 is 66.1 Å². The van der Waals surface area contributed by atoms with E-state index in [1.807, 2.05) is 0 Å². The second-order valence-corrected chi connectivity index (χ2v) is 7.93. The fourth-order valence-corrected chi connectivity index (χ4v) is 3.57. The van der Waals surface area contributed by atoms with Crippen LogP contribution in [-0.2, 0) is 42.9 Å². The van der Waals surface area contributed by atoms with Gasteiger partial charge in [-0.25, -0.2) is 0 Å². The first-order valence-corrected chi connectivity index (χ1v) is 10.9. The number of esters is 4. The fraction of sp³-hybridized carbons (Fsp3) is 0.476. The Hall–Kier alpha value is -3.85. The molecule has 1 fully saturated rings. The molecule has 1 aliphatic heterocycles. The van der Waals surface area contributed by atoms with Gasteiger partial charge in [0.25, 0.3) is 5.69 Å². The largest absolute Gasteiger partial charge is 0.463 e. The van der Waals surface area contributed by atoms with Gasteiger partial charge in [-0.05, 0) is 18.3 Å². The zero-order valence-electron chi connectivity index (χ0n) is 19.7. The minimum Gasteiger partial charge on any atom is -0.463 e. The Morgan fingerprint density at radius 2 is 1.56 bits per heavy atom. The summed E-state index contributed by atoms with van der Waals surface area (Å²) in [6.07, 6.45) is -6.50. The van der Waals surface area contributed by atoms with Crippen LogP contribution in [0.3, 0.4) is 0 Å². The Balaban J connectivity index is 2.36. The SMILES string of the molecule is CC(=O)OCC1OC(NC(=S)Nc2cccc([N+](=O)[O-])c2)C(OC(C)=O)C(OC(C)=O)C1OC(C)=O. The number of rotatable bonds is 8. The van der Waals surface area contributed by atoms with Gasteiger partial charge in [-0.2, -0.15) is 0 Å². The van der Waals surface area contributed by atoms with Crippen molar-refractivity contribution >= 4 is 52.6 Å². The smallest absolute Gasteiger partial charge is 0.303 e. The van der Waals surface area contributed by atoms with Crippen LogP contribution < -0.4 is 10.6 Å². The number of nitro benzene ring substituents is 1. The summed E-state index contributed by atoms with van der Waals surface area (Å²) in [6, 6.07) is 5.49. The van der Waals surface area contributed by atoms with Gasteiger partial charge in [0.15, 0.2) is 29.7 Å². The lowest BCUT2D eigenvalue weighted by atomic mass is 9.97. The standard InChI is InChI=1S/C21H25N3O11S/c1-10(25)31-9-16-17(32-11(2)26)18(33-12(3)27)19(34-13(4)28)20(35-16)23-21(36)22-14-6-5-7-15(8-14)24(29)30/h5-8,16-20H,9H2,1-4H3,(H2,22,23,36). The lowest BCUT2D eigenvalue weighted by Gasteiger charge is -2.44. The van der Waals surface area contributed by atoms with Crippen molar-refractivity contribution in [3.05, 3.63) is 34.4 Å². The summed E-state index contributed by atoms with van der Waals surface area (Å²) >= 11 is 5.27. The number of ether oxygens (including phenoxy) is 5. The van der Waals surface area contributed by atoms with Crippen molar-refractivity contribution in [2.24, 2.45) is 0 Å². The molecule has 15 heteroatoms. The first kappa shape index (κ1) is 28.4. The maximum absolute atomic E-state index is 11.9. The van der Waals surface area contributed by atoms with Crippen LogP contribution in [0, 0.1) is 10.1 Å². The molecule has 5 unspecified atom stereocenters. The van der Waals surface area contributed by atoms with Gasteiger partial charge in [-0.15, -0.1) is 0 Å². The van der Waals surface area contributed by atoms with Gasteiger partial charge in [-0.3, -0.25) is 29.3 Å². The van der Waals surface area contributed by atoms with Gasteiger partial charge in [0, 0.05) is 45.5 Å². The van der Waals surface area contributed by atoms with Crippen LogP contribution in [-0.4, -0.2) is 71.2 Å². The van der Waals surface area contributed by atoms with Crippen LogP contribution in [0.15, 0.2) is 24.3 Å². The highest BCUT2D eigenvalue weighted by Crippen LogP contribution is 2.28. The maximum Gasteiger partial charge on any atom is 0.303 e. The predicted molar refractivity (Wildman–Crippen MR) is 124 cm³/mol. The van der Waals surface area contributed by atoms with Gasteiger partial charge >= 0.3 is 23.9 Å². The van der Waals surface area contributed by atoms with E-state index in [1.54, 1.807) is 0 Å². The molecule has 5 atom stereocenters. The molecule has 2 N–H and O–H groups in total. The average molecular weight is 528 g/mol. The van der Waals surface area contributed by atoms with Crippen molar-refractivity contribution in [2.45, 2.75) is 58.3 Å². The fourth-order valence-electron chi connectivity index (χ4n) is 3.34. The summed E-state index contributed by atoms with van der Waals surface area (Å²) in [6.45, 7) is 4.07. The highest BCUT2D eigenvalue weighted by molar-refractivity contribution is 7.80. The lowest BCUT2D eigenvalue weighted by molar-refractivity contribution is -0.384. The third-order valence-corrected chi connectivity index (χ3v) is 4.80. The van der Waals surface area contributed by atoms with Gasteiger partial charge in [-0.1, -0.05) is 6.07 Å². The van der Waals surface area contributed by atoms with Crippen molar-refractivity contribution in [3.63, 3.8) is 0 Å². The first-order chi connectivity index (χ1) is 16.9. The van der Waals surface area contributed by atoms with Gasteiger partial charge in [0.1, 0.15) is 12.7 Å². The maximum atomic E-state index is 11.9. The number of carbonyl (C=O) groups is 4. The van der Waals surface area contributed by atoms with Crippen molar-refractivity contribution in [2.75, 3.05) is 11.9 Å². The normalized spacial score (nSPS) is 22.9. The van der Waals surface area contributed by atoms with Crippen LogP contribution in [0.25, 0.3) is 0 Å². The van der Waals surface area contributed by atoms with Crippen LogP contribution in [0.5, 0.6) is 0 Å². The molecule has 0 aliphatic carbocycles. The van der Waals surface area contributed by atoms with E-state index >= 15 is 0 Å². The minimum atomic E-state index is -1.37.